The highest BCUT2D eigenvalue weighted by molar-refractivity contribution is 5.94. The molecule has 2 fully saturated rings. The van der Waals surface area contributed by atoms with E-state index < -0.39 is 0 Å². The molecule has 0 aliphatic carbocycles. The Labute approximate surface area is 213 Å². The Kier molecular flexibility index (Phi) is 6.16. The van der Waals surface area contributed by atoms with E-state index in [0.29, 0.717) is 0 Å². The van der Waals surface area contributed by atoms with E-state index in [9.17, 15) is 5.26 Å². The van der Waals surface area contributed by atoms with Crippen molar-refractivity contribution in [1.29, 1.82) is 5.26 Å². The standard InChI is InChI=1S/C29H34N6O/c1-20-17-35(18-21(2)36-20)28-24-10-13-34(27-9-5-7-22-6-3-4-8-23(22)27)19-26(24)25(16-30)29(32-28)33-14-11-31-12-15-33/h3-9,20-21,31H,10-15,17-19H2,1-2H3. The van der Waals surface area contributed by atoms with Crippen molar-refractivity contribution in [2.24, 2.45) is 0 Å². The quantitative estimate of drug-likeness (QED) is 0.611. The van der Waals surface area contributed by atoms with Gasteiger partial charge in [0.1, 0.15) is 17.7 Å². The lowest BCUT2D eigenvalue weighted by Crippen LogP contribution is -2.48. The molecule has 2 atom stereocenters. The van der Waals surface area contributed by atoms with E-state index in [0.717, 1.165) is 81.5 Å². The van der Waals surface area contributed by atoms with Crippen LogP contribution in [0, 0.1) is 11.3 Å². The summed E-state index contributed by atoms with van der Waals surface area (Å²) in [4.78, 5) is 12.4. The van der Waals surface area contributed by atoms with Gasteiger partial charge in [-0.2, -0.15) is 5.26 Å². The van der Waals surface area contributed by atoms with Crippen molar-refractivity contribution >= 4 is 28.1 Å². The maximum Gasteiger partial charge on any atom is 0.149 e. The summed E-state index contributed by atoms with van der Waals surface area (Å²) in [5.74, 6) is 1.90. The second kappa shape index (κ2) is 9.61. The third-order valence-corrected chi connectivity index (χ3v) is 7.71. The molecule has 2 unspecified atom stereocenters. The molecular formula is C29H34N6O. The summed E-state index contributed by atoms with van der Waals surface area (Å²) in [7, 11) is 0. The molecule has 4 heterocycles. The number of rotatable bonds is 3. The van der Waals surface area contributed by atoms with Gasteiger partial charge >= 0.3 is 0 Å². The molecule has 3 aliphatic heterocycles. The summed E-state index contributed by atoms with van der Waals surface area (Å²) in [5.41, 5.74) is 4.36. The number of nitriles is 1. The summed E-state index contributed by atoms with van der Waals surface area (Å²) >= 11 is 0. The third-order valence-electron chi connectivity index (χ3n) is 7.71. The average Bonchev–Trinajstić information content (AvgIpc) is 2.91. The summed E-state index contributed by atoms with van der Waals surface area (Å²) in [6.45, 7) is 11.1. The second-order valence-electron chi connectivity index (χ2n) is 10.3. The van der Waals surface area contributed by atoms with Crippen LogP contribution in [0.25, 0.3) is 10.8 Å². The van der Waals surface area contributed by atoms with Gasteiger partial charge in [-0.3, -0.25) is 0 Å². The van der Waals surface area contributed by atoms with E-state index in [1.807, 2.05) is 0 Å². The Bertz CT molecular complexity index is 1300. The molecule has 3 aliphatic rings. The van der Waals surface area contributed by atoms with Crippen LogP contribution >= 0.6 is 0 Å². The van der Waals surface area contributed by atoms with Gasteiger partial charge in [0, 0.05) is 69.0 Å². The molecule has 0 radical (unpaired) electrons. The molecule has 186 valence electrons. The maximum atomic E-state index is 10.4. The number of hydrogen-bond donors (Lipinski definition) is 1. The number of piperazine rings is 1. The van der Waals surface area contributed by atoms with Gasteiger partial charge in [0.15, 0.2) is 0 Å². The van der Waals surface area contributed by atoms with E-state index in [1.165, 1.54) is 22.0 Å². The molecule has 6 rings (SSSR count). The van der Waals surface area contributed by atoms with Crippen LogP contribution in [0.2, 0.25) is 0 Å². The lowest BCUT2D eigenvalue weighted by atomic mass is 9.94. The van der Waals surface area contributed by atoms with Gasteiger partial charge < -0.3 is 24.8 Å². The molecule has 2 aromatic carbocycles. The minimum absolute atomic E-state index is 0.153. The number of morpholine rings is 1. The van der Waals surface area contributed by atoms with Crippen molar-refractivity contribution in [3.05, 3.63) is 59.2 Å². The molecule has 0 bridgehead atoms. The predicted octanol–water partition coefficient (Wildman–Crippen LogP) is 3.69. The first-order chi connectivity index (χ1) is 17.6. The number of aromatic nitrogens is 1. The van der Waals surface area contributed by atoms with Crippen LogP contribution in [0.1, 0.15) is 30.5 Å². The number of benzene rings is 2. The van der Waals surface area contributed by atoms with E-state index in [4.69, 9.17) is 9.72 Å². The number of anilines is 3. The normalized spacial score (nSPS) is 22.4. The number of pyridine rings is 1. The van der Waals surface area contributed by atoms with Gasteiger partial charge in [-0.15, -0.1) is 0 Å². The summed E-state index contributed by atoms with van der Waals surface area (Å²) in [5, 5.41) is 16.4. The van der Waals surface area contributed by atoms with Crippen LogP contribution in [-0.2, 0) is 17.7 Å². The van der Waals surface area contributed by atoms with Crippen LogP contribution in [0.15, 0.2) is 42.5 Å². The van der Waals surface area contributed by atoms with E-state index >= 15 is 0 Å². The lowest BCUT2D eigenvalue weighted by molar-refractivity contribution is -0.00551. The molecule has 1 N–H and O–H groups in total. The van der Waals surface area contributed by atoms with Crippen molar-refractivity contribution in [3.8, 4) is 6.07 Å². The van der Waals surface area contributed by atoms with Crippen LogP contribution in [0.5, 0.6) is 0 Å². The second-order valence-corrected chi connectivity index (χ2v) is 10.3. The van der Waals surface area contributed by atoms with Gasteiger partial charge in [-0.25, -0.2) is 4.98 Å². The molecule has 0 saturated carbocycles. The van der Waals surface area contributed by atoms with Gasteiger partial charge in [-0.05, 0) is 37.3 Å². The Morgan fingerprint density at radius 3 is 2.42 bits per heavy atom. The predicted molar refractivity (Wildman–Crippen MR) is 145 cm³/mol. The van der Waals surface area contributed by atoms with Crippen LogP contribution in [-0.4, -0.2) is 63.0 Å². The van der Waals surface area contributed by atoms with Gasteiger partial charge in [0.25, 0.3) is 0 Å². The highest BCUT2D eigenvalue weighted by Crippen LogP contribution is 2.38. The van der Waals surface area contributed by atoms with E-state index in [-0.39, 0.29) is 12.2 Å². The number of nitrogens with one attached hydrogen (secondary N) is 1. The van der Waals surface area contributed by atoms with Gasteiger partial charge in [-0.1, -0.05) is 36.4 Å². The Morgan fingerprint density at radius 2 is 1.64 bits per heavy atom. The Morgan fingerprint density at radius 1 is 0.889 bits per heavy atom. The number of hydrogen-bond acceptors (Lipinski definition) is 7. The molecule has 0 amide bonds. The van der Waals surface area contributed by atoms with Crippen molar-refractivity contribution in [2.75, 3.05) is 60.5 Å². The molecule has 1 aromatic heterocycles. The topological polar surface area (TPSA) is 67.7 Å². The molecular weight excluding hydrogens is 448 g/mol. The zero-order chi connectivity index (χ0) is 24.6. The zero-order valence-corrected chi connectivity index (χ0v) is 21.2. The largest absolute Gasteiger partial charge is 0.372 e. The van der Waals surface area contributed by atoms with E-state index in [2.05, 4.69) is 82.4 Å². The van der Waals surface area contributed by atoms with Crippen molar-refractivity contribution in [1.82, 2.24) is 10.3 Å². The first-order valence-corrected chi connectivity index (χ1v) is 13.2. The van der Waals surface area contributed by atoms with Crippen LogP contribution < -0.4 is 20.0 Å². The Balaban J connectivity index is 1.47. The first-order valence-electron chi connectivity index (χ1n) is 13.2. The highest BCUT2D eigenvalue weighted by atomic mass is 16.5. The lowest BCUT2D eigenvalue weighted by Gasteiger charge is -2.40. The highest BCUT2D eigenvalue weighted by Gasteiger charge is 2.33. The number of nitrogens with zero attached hydrogens (tertiary/aromatic N) is 5. The monoisotopic (exact) mass is 482 g/mol. The van der Waals surface area contributed by atoms with Crippen molar-refractivity contribution < 1.29 is 4.74 Å². The molecule has 0 spiro atoms. The van der Waals surface area contributed by atoms with Crippen molar-refractivity contribution in [2.45, 2.75) is 39.0 Å². The fourth-order valence-corrected chi connectivity index (χ4v) is 6.12. The fourth-order valence-electron chi connectivity index (χ4n) is 6.12. The van der Waals surface area contributed by atoms with Crippen LogP contribution in [0.3, 0.4) is 0 Å². The minimum Gasteiger partial charge on any atom is -0.372 e. The minimum atomic E-state index is 0.153. The summed E-state index contributed by atoms with van der Waals surface area (Å²) < 4.78 is 6.04. The first kappa shape index (κ1) is 23.1. The molecule has 7 heteroatoms. The number of fused-ring (bicyclic) bond motifs is 2. The maximum absolute atomic E-state index is 10.4. The van der Waals surface area contributed by atoms with E-state index in [1.54, 1.807) is 0 Å². The van der Waals surface area contributed by atoms with Gasteiger partial charge in [0.05, 0.1) is 17.8 Å². The third kappa shape index (κ3) is 4.15. The summed E-state index contributed by atoms with van der Waals surface area (Å²) in [6, 6.07) is 17.7. The molecule has 2 saturated heterocycles. The molecule has 36 heavy (non-hydrogen) atoms. The molecule has 3 aromatic rings. The smallest absolute Gasteiger partial charge is 0.149 e. The Hall–Kier alpha value is -3.34. The van der Waals surface area contributed by atoms with Crippen molar-refractivity contribution in [3.63, 3.8) is 0 Å². The fraction of sp³-hybridized carbons (Fsp3) is 0.448. The average molecular weight is 483 g/mol. The van der Waals surface area contributed by atoms with Crippen LogP contribution in [0.4, 0.5) is 17.3 Å². The summed E-state index contributed by atoms with van der Waals surface area (Å²) in [6.07, 6.45) is 1.18. The number of ether oxygens (including phenoxy) is 1. The molecule has 7 nitrogen and oxygen atoms in total. The van der Waals surface area contributed by atoms with Gasteiger partial charge in [0.2, 0.25) is 0 Å². The zero-order valence-electron chi connectivity index (χ0n) is 21.2. The SMILES string of the molecule is CC1CN(c2nc(N3CCNCC3)c(C#N)c3c2CCN(c2cccc4ccccc24)C3)CC(C)O1.